The smallest absolute Gasteiger partial charge is 0.142 e. The first-order valence-electron chi connectivity index (χ1n) is 6.79. The summed E-state index contributed by atoms with van der Waals surface area (Å²) in [5, 5.41) is 10.4. The van der Waals surface area contributed by atoms with Crippen LogP contribution in [0.1, 0.15) is 29.7 Å². The van der Waals surface area contributed by atoms with E-state index in [0.717, 1.165) is 48.1 Å². The van der Waals surface area contributed by atoms with Crippen LogP contribution in [0, 0.1) is 11.3 Å². The predicted octanol–water partition coefficient (Wildman–Crippen LogP) is 4.39. The summed E-state index contributed by atoms with van der Waals surface area (Å²) in [6, 6.07) is 7.61. The minimum Gasteiger partial charge on any atom is -0.383 e. The Balaban J connectivity index is 2.38. The number of hydrogen-bond acceptors (Lipinski definition) is 3. The fraction of sp³-hybridized carbons (Fsp3) is 0.250. The maximum atomic E-state index is 9.48. The summed E-state index contributed by atoms with van der Waals surface area (Å²) >= 11 is 12.5. The molecule has 0 aliphatic heterocycles. The van der Waals surface area contributed by atoms with Crippen LogP contribution in [0.25, 0.3) is 11.1 Å². The number of rotatable bonds is 1. The summed E-state index contributed by atoms with van der Waals surface area (Å²) in [5.74, 6) is 0.268. The second kappa shape index (κ2) is 5.55. The third-order valence-corrected chi connectivity index (χ3v) is 4.65. The Labute approximate surface area is 133 Å². The molecule has 1 aliphatic carbocycles. The summed E-state index contributed by atoms with van der Waals surface area (Å²) in [5.41, 5.74) is 9.97. The van der Waals surface area contributed by atoms with Crippen LogP contribution in [0.5, 0.6) is 0 Å². The van der Waals surface area contributed by atoms with E-state index in [1.54, 1.807) is 6.07 Å². The molecular weight excluding hydrogens is 305 g/mol. The Kier molecular flexibility index (Phi) is 3.75. The normalized spacial score (nSPS) is 13.6. The van der Waals surface area contributed by atoms with E-state index in [2.05, 4.69) is 11.1 Å². The molecule has 3 rings (SSSR count). The predicted molar refractivity (Wildman–Crippen MR) is 85.5 cm³/mol. The van der Waals surface area contributed by atoms with E-state index in [9.17, 15) is 5.26 Å². The van der Waals surface area contributed by atoms with Crippen LogP contribution in [0.3, 0.4) is 0 Å². The van der Waals surface area contributed by atoms with Crippen LogP contribution in [-0.4, -0.2) is 4.98 Å². The molecule has 1 heterocycles. The van der Waals surface area contributed by atoms with Crippen molar-refractivity contribution in [3.05, 3.63) is 45.1 Å². The van der Waals surface area contributed by atoms with Gasteiger partial charge < -0.3 is 5.73 Å². The second-order valence-corrected chi connectivity index (χ2v) is 5.88. The lowest BCUT2D eigenvalue weighted by molar-refractivity contribution is 0.670. The highest BCUT2D eigenvalue weighted by molar-refractivity contribution is 6.43. The van der Waals surface area contributed by atoms with Gasteiger partial charge in [-0.3, -0.25) is 0 Å². The molecule has 2 N–H and O–H groups in total. The Morgan fingerprint density at radius 3 is 2.71 bits per heavy atom. The summed E-state index contributed by atoms with van der Waals surface area (Å²) in [6.07, 6.45) is 3.94. The number of nitriles is 1. The molecular formula is C16H13Cl2N3. The number of aryl methyl sites for hydroxylation is 1. The standard InChI is InChI=1S/C16H13Cl2N3/c17-12-6-3-5-10(15(12)18)14-9-4-1-2-7-13(9)21-16(20)11(14)8-19/h3,5-6H,1-2,4,7H2,(H2,20,21). The Bertz CT molecular complexity index is 763. The van der Waals surface area contributed by atoms with Gasteiger partial charge in [0.1, 0.15) is 17.5 Å². The van der Waals surface area contributed by atoms with Gasteiger partial charge in [0.2, 0.25) is 0 Å². The largest absolute Gasteiger partial charge is 0.383 e. The number of nitrogens with zero attached hydrogens (tertiary/aromatic N) is 2. The molecule has 21 heavy (non-hydrogen) atoms. The number of fused-ring (bicyclic) bond motifs is 1. The van der Waals surface area contributed by atoms with E-state index in [-0.39, 0.29) is 5.82 Å². The SMILES string of the molecule is N#Cc1c(N)nc2c(c1-c1cccc(Cl)c1Cl)CCCC2. The molecule has 0 spiro atoms. The van der Waals surface area contributed by atoms with Crippen molar-refractivity contribution in [2.45, 2.75) is 25.7 Å². The van der Waals surface area contributed by atoms with Crippen molar-refractivity contribution in [3.8, 4) is 17.2 Å². The van der Waals surface area contributed by atoms with Crippen LogP contribution < -0.4 is 5.73 Å². The van der Waals surface area contributed by atoms with Crippen molar-refractivity contribution in [3.63, 3.8) is 0 Å². The monoisotopic (exact) mass is 317 g/mol. The molecule has 1 aromatic heterocycles. The van der Waals surface area contributed by atoms with E-state index in [0.29, 0.717) is 15.6 Å². The van der Waals surface area contributed by atoms with Crippen molar-refractivity contribution in [1.29, 1.82) is 5.26 Å². The van der Waals surface area contributed by atoms with E-state index in [1.165, 1.54) is 0 Å². The average Bonchev–Trinajstić information content (AvgIpc) is 2.49. The van der Waals surface area contributed by atoms with Crippen molar-refractivity contribution in [1.82, 2.24) is 4.98 Å². The number of benzene rings is 1. The number of anilines is 1. The lowest BCUT2D eigenvalue weighted by Gasteiger charge is -2.21. The molecule has 0 atom stereocenters. The number of pyridine rings is 1. The molecule has 0 radical (unpaired) electrons. The molecule has 0 amide bonds. The second-order valence-electron chi connectivity index (χ2n) is 5.09. The maximum absolute atomic E-state index is 9.48. The van der Waals surface area contributed by atoms with Gasteiger partial charge >= 0.3 is 0 Å². The van der Waals surface area contributed by atoms with Gasteiger partial charge in [-0.15, -0.1) is 0 Å². The molecule has 0 unspecified atom stereocenters. The van der Waals surface area contributed by atoms with Gasteiger partial charge in [0.15, 0.2) is 0 Å². The average molecular weight is 318 g/mol. The Morgan fingerprint density at radius 1 is 1.19 bits per heavy atom. The quantitative estimate of drug-likeness (QED) is 0.848. The molecule has 106 valence electrons. The van der Waals surface area contributed by atoms with E-state index in [1.807, 2.05) is 12.1 Å². The van der Waals surface area contributed by atoms with E-state index < -0.39 is 0 Å². The molecule has 5 heteroatoms. The highest BCUT2D eigenvalue weighted by Gasteiger charge is 2.23. The third kappa shape index (κ3) is 2.35. The molecule has 0 saturated carbocycles. The topological polar surface area (TPSA) is 62.7 Å². The van der Waals surface area contributed by atoms with E-state index in [4.69, 9.17) is 28.9 Å². The number of nitrogen functional groups attached to an aromatic ring is 1. The van der Waals surface area contributed by atoms with Crippen molar-refractivity contribution < 1.29 is 0 Å². The first-order valence-corrected chi connectivity index (χ1v) is 7.54. The minimum absolute atomic E-state index is 0.268. The van der Waals surface area contributed by atoms with Gasteiger partial charge in [-0.1, -0.05) is 35.3 Å². The number of aromatic nitrogens is 1. The van der Waals surface area contributed by atoms with Gasteiger partial charge in [-0.05, 0) is 37.3 Å². The number of hydrogen-bond donors (Lipinski definition) is 1. The van der Waals surface area contributed by atoms with Crippen molar-refractivity contribution >= 4 is 29.0 Å². The van der Waals surface area contributed by atoms with Crippen LogP contribution in [-0.2, 0) is 12.8 Å². The lowest BCUT2D eigenvalue weighted by Crippen LogP contribution is -2.12. The molecule has 0 fully saturated rings. The molecule has 2 aromatic rings. The van der Waals surface area contributed by atoms with Crippen molar-refractivity contribution in [2.24, 2.45) is 0 Å². The highest BCUT2D eigenvalue weighted by Crippen LogP contribution is 2.41. The third-order valence-electron chi connectivity index (χ3n) is 3.83. The summed E-state index contributed by atoms with van der Waals surface area (Å²) in [4.78, 5) is 4.40. The molecule has 0 saturated heterocycles. The van der Waals surface area contributed by atoms with Crippen LogP contribution >= 0.6 is 23.2 Å². The number of halogens is 2. The van der Waals surface area contributed by atoms with Gasteiger partial charge in [0.25, 0.3) is 0 Å². The number of nitrogens with two attached hydrogens (primary N) is 1. The van der Waals surface area contributed by atoms with Gasteiger partial charge in [0.05, 0.1) is 10.0 Å². The molecule has 0 bridgehead atoms. The zero-order valence-electron chi connectivity index (χ0n) is 11.3. The van der Waals surface area contributed by atoms with Gasteiger partial charge in [-0.25, -0.2) is 4.98 Å². The van der Waals surface area contributed by atoms with Gasteiger partial charge in [-0.2, -0.15) is 5.26 Å². The molecule has 1 aliphatic rings. The van der Waals surface area contributed by atoms with Crippen LogP contribution in [0.4, 0.5) is 5.82 Å². The first kappa shape index (κ1) is 14.2. The highest BCUT2D eigenvalue weighted by atomic mass is 35.5. The van der Waals surface area contributed by atoms with Crippen molar-refractivity contribution in [2.75, 3.05) is 5.73 Å². The van der Waals surface area contributed by atoms with Crippen LogP contribution in [0.2, 0.25) is 10.0 Å². The summed E-state index contributed by atoms with van der Waals surface area (Å²) in [7, 11) is 0. The Hall–Kier alpha value is -1.76. The summed E-state index contributed by atoms with van der Waals surface area (Å²) in [6.45, 7) is 0. The molecule has 3 nitrogen and oxygen atoms in total. The van der Waals surface area contributed by atoms with Gasteiger partial charge in [0, 0.05) is 16.8 Å². The minimum atomic E-state index is 0.268. The first-order chi connectivity index (χ1) is 10.1. The lowest BCUT2D eigenvalue weighted by atomic mass is 9.86. The molecule has 1 aromatic carbocycles. The maximum Gasteiger partial charge on any atom is 0.142 e. The summed E-state index contributed by atoms with van der Waals surface area (Å²) < 4.78 is 0. The fourth-order valence-corrected chi connectivity index (χ4v) is 3.26. The zero-order valence-corrected chi connectivity index (χ0v) is 12.8. The van der Waals surface area contributed by atoms with Crippen LogP contribution in [0.15, 0.2) is 18.2 Å². The Morgan fingerprint density at radius 2 is 1.95 bits per heavy atom. The van der Waals surface area contributed by atoms with E-state index >= 15 is 0 Å². The zero-order chi connectivity index (χ0) is 15.0. The fourth-order valence-electron chi connectivity index (χ4n) is 2.87.